The predicted molar refractivity (Wildman–Crippen MR) is 80.0 cm³/mol. The van der Waals surface area contributed by atoms with Crippen molar-refractivity contribution in [3.63, 3.8) is 0 Å². The fourth-order valence-corrected chi connectivity index (χ4v) is 1.00. The minimum Gasteiger partial charge on any atom is -0.473 e. The molecule has 96 valence electrons. The molecule has 0 amide bonds. The van der Waals surface area contributed by atoms with E-state index in [1.165, 1.54) is 0 Å². The average Bonchev–Trinajstić information content (AvgIpc) is 2.40. The molecule has 0 spiro atoms. The molecule has 0 atom stereocenters. The van der Waals surface area contributed by atoms with E-state index >= 15 is 0 Å². The normalized spacial score (nSPS) is 12.3. The van der Waals surface area contributed by atoms with Gasteiger partial charge >= 0.3 is 0 Å². The van der Waals surface area contributed by atoms with Gasteiger partial charge in [0, 0.05) is 13.1 Å². The second-order valence-corrected chi connectivity index (χ2v) is 3.28. The van der Waals surface area contributed by atoms with Gasteiger partial charge in [0.15, 0.2) is 0 Å². The standard InChI is InChI=1S/C16H21NO/c1-4-7-8-9-13-18-14-10-11-16(6-3)15-17-12-5-2/h4-11,13-14,17H,1-3,12,15H2/b8-7-,13-9+,14-10+,16-11+. The molecule has 0 aliphatic rings. The lowest BCUT2D eigenvalue weighted by Gasteiger charge is -2.00. The first-order valence-electron chi connectivity index (χ1n) is 5.74. The van der Waals surface area contributed by atoms with Gasteiger partial charge in [0.25, 0.3) is 0 Å². The van der Waals surface area contributed by atoms with Crippen molar-refractivity contribution in [3.05, 3.63) is 86.4 Å². The van der Waals surface area contributed by atoms with Crippen LogP contribution >= 0.6 is 0 Å². The zero-order valence-corrected chi connectivity index (χ0v) is 10.7. The molecule has 0 heterocycles. The van der Waals surface area contributed by atoms with Gasteiger partial charge < -0.3 is 10.1 Å². The molecule has 0 aliphatic heterocycles. The highest BCUT2D eigenvalue weighted by Gasteiger charge is 1.87. The summed E-state index contributed by atoms with van der Waals surface area (Å²) in [5.74, 6) is 0. The fraction of sp³-hybridized carbons (Fsp3) is 0.125. The molecule has 0 aromatic carbocycles. The lowest BCUT2D eigenvalue weighted by Crippen LogP contribution is -2.15. The summed E-state index contributed by atoms with van der Waals surface area (Å²) in [6.45, 7) is 12.5. The predicted octanol–water partition coefficient (Wildman–Crippen LogP) is 3.66. The lowest BCUT2D eigenvalue weighted by molar-refractivity contribution is 0.403. The van der Waals surface area contributed by atoms with Gasteiger partial charge in [-0.05, 0) is 17.7 Å². The summed E-state index contributed by atoms with van der Waals surface area (Å²) in [7, 11) is 0. The minimum atomic E-state index is 0.762. The molecule has 0 bridgehead atoms. The van der Waals surface area contributed by atoms with Gasteiger partial charge in [-0.25, -0.2) is 0 Å². The van der Waals surface area contributed by atoms with Crippen LogP contribution in [0.1, 0.15) is 0 Å². The number of allylic oxidation sites excluding steroid dienone is 6. The van der Waals surface area contributed by atoms with Gasteiger partial charge in [-0.15, -0.1) is 6.58 Å². The Morgan fingerprint density at radius 2 is 1.78 bits per heavy atom. The molecule has 0 saturated carbocycles. The molecule has 1 N–H and O–H groups in total. The van der Waals surface area contributed by atoms with E-state index in [1.54, 1.807) is 24.7 Å². The summed E-state index contributed by atoms with van der Waals surface area (Å²) in [4.78, 5) is 0. The maximum Gasteiger partial charge on any atom is 0.0901 e. The van der Waals surface area contributed by atoms with Crippen LogP contribution < -0.4 is 5.32 Å². The van der Waals surface area contributed by atoms with Crippen LogP contribution in [0.3, 0.4) is 0 Å². The monoisotopic (exact) mass is 243 g/mol. The lowest BCUT2D eigenvalue weighted by atomic mass is 10.2. The topological polar surface area (TPSA) is 21.3 Å². The third-order valence-electron chi connectivity index (χ3n) is 1.86. The Bertz CT molecular complexity index is 359. The summed E-state index contributed by atoms with van der Waals surface area (Å²) >= 11 is 0. The van der Waals surface area contributed by atoms with Gasteiger partial charge in [0.1, 0.15) is 0 Å². The molecule has 0 radical (unpaired) electrons. The van der Waals surface area contributed by atoms with Crippen molar-refractivity contribution >= 4 is 0 Å². The van der Waals surface area contributed by atoms with E-state index in [2.05, 4.69) is 25.1 Å². The van der Waals surface area contributed by atoms with Crippen molar-refractivity contribution in [1.82, 2.24) is 5.32 Å². The first-order valence-corrected chi connectivity index (χ1v) is 5.74. The van der Waals surface area contributed by atoms with Crippen LogP contribution in [-0.2, 0) is 4.74 Å². The van der Waals surface area contributed by atoms with Crippen LogP contribution in [-0.4, -0.2) is 13.1 Å². The average molecular weight is 243 g/mol. The maximum absolute atomic E-state index is 5.14. The third-order valence-corrected chi connectivity index (χ3v) is 1.86. The Labute approximate surface area is 110 Å². The van der Waals surface area contributed by atoms with E-state index in [9.17, 15) is 0 Å². The van der Waals surface area contributed by atoms with Crippen molar-refractivity contribution in [1.29, 1.82) is 0 Å². The molecular weight excluding hydrogens is 222 g/mol. The molecule has 0 aromatic rings. The molecule has 0 rings (SSSR count). The molecule has 0 aromatic heterocycles. The highest BCUT2D eigenvalue weighted by molar-refractivity contribution is 5.23. The molecule has 0 fully saturated rings. The molecule has 2 heteroatoms. The van der Waals surface area contributed by atoms with Crippen LogP contribution in [0.4, 0.5) is 0 Å². The highest BCUT2D eigenvalue weighted by atomic mass is 16.5. The Morgan fingerprint density at radius 1 is 1.00 bits per heavy atom. The second kappa shape index (κ2) is 13.0. The van der Waals surface area contributed by atoms with Crippen LogP contribution in [0.15, 0.2) is 86.4 Å². The SMILES string of the molecule is C=C/C=C\C=C\O/C=C/C=C(\C=C)CNCC=C. The quantitative estimate of drug-likeness (QED) is 0.274. The van der Waals surface area contributed by atoms with Crippen molar-refractivity contribution in [2.45, 2.75) is 0 Å². The summed E-state index contributed by atoms with van der Waals surface area (Å²) in [6, 6.07) is 0. The van der Waals surface area contributed by atoms with Gasteiger partial charge in [-0.2, -0.15) is 0 Å². The summed E-state index contributed by atoms with van der Waals surface area (Å²) in [5, 5.41) is 3.20. The first kappa shape index (κ1) is 15.9. The Morgan fingerprint density at radius 3 is 2.44 bits per heavy atom. The Hall–Kier alpha value is -2.06. The molecule has 0 saturated heterocycles. The van der Waals surface area contributed by atoms with Gasteiger partial charge in [0.2, 0.25) is 0 Å². The minimum absolute atomic E-state index is 0.762. The van der Waals surface area contributed by atoms with E-state index < -0.39 is 0 Å². The number of ether oxygens (including phenoxy) is 1. The summed E-state index contributed by atoms with van der Waals surface area (Å²) < 4.78 is 5.14. The zero-order valence-electron chi connectivity index (χ0n) is 10.7. The van der Waals surface area contributed by atoms with Crippen LogP contribution in [0.25, 0.3) is 0 Å². The number of nitrogens with one attached hydrogen (secondary N) is 1. The maximum atomic E-state index is 5.14. The van der Waals surface area contributed by atoms with Crippen molar-refractivity contribution < 1.29 is 4.74 Å². The van der Waals surface area contributed by atoms with Gasteiger partial charge in [0.05, 0.1) is 12.5 Å². The summed E-state index contributed by atoms with van der Waals surface area (Å²) in [5.41, 5.74) is 1.09. The molecule has 0 aliphatic carbocycles. The van der Waals surface area contributed by atoms with Crippen LogP contribution in [0, 0.1) is 0 Å². The van der Waals surface area contributed by atoms with Gasteiger partial charge in [-0.1, -0.05) is 49.6 Å². The van der Waals surface area contributed by atoms with E-state index in [4.69, 9.17) is 4.74 Å². The largest absolute Gasteiger partial charge is 0.473 e. The second-order valence-electron chi connectivity index (χ2n) is 3.28. The smallest absolute Gasteiger partial charge is 0.0901 e. The molecule has 2 nitrogen and oxygen atoms in total. The zero-order chi connectivity index (χ0) is 13.5. The third kappa shape index (κ3) is 10.5. The van der Waals surface area contributed by atoms with Crippen molar-refractivity contribution in [3.8, 4) is 0 Å². The molecule has 0 unspecified atom stereocenters. The van der Waals surface area contributed by atoms with Crippen molar-refractivity contribution in [2.24, 2.45) is 0 Å². The summed E-state index contributed by atoms with van der Waals surface area (Å²) in [6.07, 6.45) is 17.7. The van der Waals surface area contributed by atoms with Crippen LogP contribution in [0.5, 0.6) is 0 Å². The van der Waals surface area contributed by atoms with E-state index in [0.717, 1.165) is 18.7 Å². The van der Waals surface area contributed by atoms with Crippen molar-refractivity contribution in [2.75, 3.05) is 13.1 Å². The number of rotatable bonds is 10. The fourth-order valence-electron chi connectivity index (χ4n) is 1.00. The van der Waals surface area contributed by atoms with E-state index in [-0.39, 0.29) is 0 Å². The Balaban J connectivity index is 3.96. The Kier molecular flexibility index (Phi) is 11.5. The van der Waals surface area contributed by atoms with Gasteiger partial charge in [-0.3, -0.25) is 0 Å². The van der Waals surface area contributed by atoms with Crippen LogP contribution in [0.2, 0.25) is 0 Å². The number of hydrogen-bond donors (Lipinski definition) is 1. The first-order chi connectivity index (χ1) is 8.85. The molecular formula is C16H21NO. The highest BCUT2D eigenvalue weighted by Crippen LogP contribution is 1.95. The molecule has 18 heavy (non-hydrogen) atoms. The van der Waals surface area contributed by atoms with E-state index in [0.29, 0.717) is 0 Å². The number of hydrogen-bond acceptors (Lipinski definition) is 2. The van der Waals surface area contributed by atoms with E-state index in [1.807, 2.05) is 36.5 Å².